The van der Waals surface area contributed by atoms with E-state index in [1.165, 1.54) is 9.80 Å². The van der Waals surface area contributed by atoms with Crippen LogP contribution in [0, 0.1) is 0 Å². The SMILES string of the molecule is O=C1C[C@H]([NH+]2CCCC2)C(=O)N1c1ccc(Br)cc1. The van der Waals surface area contributed by atoms with E-state index in [0.29, 0.717) is 12.1 Å². The quantitative estimate of drug-likeness (QED) is 0.816. The van der Waals surface area contributed by atoms with Crippen molar-refractivity contribution in [2.24, 2.45) is 0 Å². The summed E-state index contributed by atoms with van der Waals surface area (Å²) in [5.74, 6) is -0.110. The predicted octanol–water partition coefficient (Wildman–Crippen LogP) is 0.760. The number of quaternary nitrogens is 1. The lowest BCUT2D eigenvalue weighted by Gasteiger charge is -2.19. The fourth-order valence-corrected chi connectivity index (χ4v) is 3.25. The maximum absolute atomic E-state index is 12.5. The Labute approximate surface area is 120 Å². The van der Waals surface area contributed by atoms with Gasteiger partial charge in [0.1, 0.15) is 0 Å². The van der Waals surface area contributed by atoms with Gasteiger partial charge >= 0.3 is 0 Å². The first-order valence-electron chi connectivity index (χ1n) is 6.64. The molecule has 19 heavy (non-hydrogen) atoms. The Morgan fingerprint density at radius 3 is 2.37 bits per heavy atom. The van der Waals surface area contributed by atoms with Gasteiger partial charge in [0.05, 0.1) is 25.2 Å². The lowest BCUT2D eigenvalue weighted by atomic mass is 10.2. The molecule has 2 fully saturated rings. The Hall–Kier alpha value is -1.20. The number of likely N-dealkylation sites (tertiary alicyclic amines) is 1. The Kier molecular flexibility index (Phi) is 3.41. The maximum atomic E-state index is 12.5. The number of anilines is 1. The van der Waals surface area contributed by atoms with Crippen molar-refractivity contribution in [1.82, 2.24) is 0 Å². The monoisotopic (exact) mass is 323 g/mol. The second-order valence-corrected chi connectivity index (χ2v) is 6.08. The molecule has 3 rings (SSSR count). The molecule has 0 bridgehead atoms. The van der Waals surface area contributed by atoms with Crippen LogP contribution in [0.2, 0.25) is 0 Å². The highest BCUT2D eigenvalue weighted by molar-refractivity contribution is 9.10. The molecule has 1 atom stereocenters. The highest BCUT2D eigenvalue weighted by Crippen LogP contribution is 2.24. The second-order valence-electron chi connectivity index (χ2n) is 5.17. The Bertz CT molecular complexity index is 509. The van der Waals surface area contributed by atoms with Crippen LogP contribution >= 0.6 is 15.9 Å². The molecule has 0 saturated carbocycles. The van der Waals surface area contributed by atoms with Gasteiger partial charge in [0, 0.05) is 17.3 Å². The normalized spacial score (nSPS) is 24.5. The van der Waals surface area contributed by atoms with Crippen molar-refractivity contribution in [3.05, 3.63) is 28.7 Å². The van der Waals surface area contributed by atoms with E-state index in [0.717, 1.165) is 30.4 Å². The molecule has 2 aliphatic rings. The van der Waals surface area contributed by atoms with Crippen LogP contribution in [0.5, 0.6) is 0 Å². The summed E-state index contributed by atoms with van der Waals surface area (Å²) in [4.78, 5) is 27.2. The Balaban J connectivity index is 1.84. The van der Waals surface area contributed by atoms with Gasteiger partial charge in [-0.1, -0.05) is 15.9 Å². The zero-order valence-corrected chi connectivity index (χ0v) is 12.1. The minimum Gasteiger partial charge on any atom is -0.324 e. The van der Waals surface area contributed by atoms with Crippen LogP contribution in [0.3, 0.4) is 0 Å². The molecule has 2 heterocycles. The van der Waals surface area contributed by atoms with Gasteiger partial charge in [0.15, 0.2) is 6.04 Å². The van der Waals surface area contributed by atoms with E-state index in [4.69, 9.17) is 0 Å². The molecule has 2 amide bonds. The summed E-state index contributed by atoms with van der Waals surface area (Å²) in [5, 5.41) is 0. The molecule has 1 N–H and O–H groups in total. The van der Waals surface area contributed by atoms with E-state index >= 15 is 0 Å². The van der Waals surface area contributed by atoms with Crippen LogP contribution in [-0.4, -0.2) is 30.9 Å². The van der Waals surface area contributed by atoms with Gasteiger partial charge in [-0.25, -0.2) is 4.90 Å². The van der Waals surface area contributed by atoms with Crippen molar-refractivity contribution >= 4 is 33.4 Å². The third-order valence-corrected chi connectivity index (χ3v) is 4.50. The highest BCUT2D eigenvalue weighted by Gasteiger charge is 2.46. The summed E-state index contributed by atoms with van der Waals surface area (Å²) >= 11 is 3.36. The minimum atomic E-state index is -0.168. The van der Waals surface area contributed by atoms with E-state index in [2.05, 4.69) is 15.9 Å². The molecule has 2 aliphatic heterocycles. The van der Waals surface area contributed by atoms with Gasteiger partial charge in [-0.3, -0.25) is 9.59 Å². The number of benzene rings is 1. The maximum Gasteiger partial charge on any atom is 0.292 e. The number of hydrogen-bond donors (Lipinski definition) is 1. The fourth-order valence-electron chi connectivity index (χ4n) is 2.99. The Morgan fingerprint density at radius 1 is 1.11 bits per heavy atom. The molecule has 2 saturated heterocycles. The molecule has 0 radical (unpaired) electrons. The third kappa shape index (κ3) is 2.32. The van der Waals surface area contributed by atoms with E-state index in [9.17, 15) is 9.59 Å². The standard InChI is InChI=1S/C14H15BrN2O2/c15-10-3-5-11(6-4-10)17-13(18)9-12(14(17)19)16-7-1-2-8-16/h3-6,12H,1-2,7-9H2/p+1/t12-/m0/s1. The number of amides is 2. The van der Waals surface area contributed by atoms with Crippen molar-refractivity contribution in [3.8, 4) is 0 Å². The van der Waals surface area contributed by atoms with Crippen molar-refractivity contribution < 1.29 is 14.5 Å². The molecule has 1 aromatic carbocycles. The van der Waals surface area contributed by atoms with Gasteiger partial charge in [0.25, 0.3) is 5.91 Å². The first kappa shape index (κ1) is 12.8. The first-order chi connectivity index (χ1) is 9.16. The molecular weight excluding hydrogens is 308 g/mol. The topological polar surface area (TPSA) is 41.8 Å². The van der Waals surface area contributed by atoms with Gasteiger partial charge < -0.3 is 4.90 Å². The van der Waals surface area contributed by atoms with E-state index < -0.39 is 0 Å². The number of imide groups is 1. The van der Waals surface area contributed by atoms with Crippen LogP contribution < -0.4 is 9.80 Å². The average Bonchev–Trinajstić information content (AvgIpc) is 3.00. The van der Waals surface area contributed by atoms with E-state index in [-0.39, 0.29) is 17.9 Å². The van der Waals surface area contributed by atoms with Gasteiger partial charge in [-0.05, 0) is 24.3 Å². The average molecular weight is 324 g/mol. The zero-order valence-electron chi connectivity index (χ0n) is 10.6. The van der Waals surface area contributed by atoms with Crippen molar-refractivity contribution in [2.45, 2.75) is 25.3 Å². The molecule has 100 valence electrons. The van der Waals surface area contributed by atoms with E-state index in [1.54, 1.807) is 0 Å². The summed E-state index contributed by atoms with van der Waals surface area (Å²) < 4.78 is 0.942. The van der Waals surface area contributed by atoms with Gasteiger partial charge in [0.2, 0.25) is 5.91 Å². The van der Waals surface area contributed by atoms with Crippen molar-refractivity contribution in [2.75, 3.05) is 18.0 Å². The van der Waals surface area contributed by atoms with E-state index in [1.807, 2.05) is 24.3 Å². The number of rotatable bonds is 2. The van der Waals surface area contributed by atoms with Crippen LogP contribution in [0.15, 0.2) is 28.7 Å². The number of carbonyl (C=O) groups is 2. The number of halogens is 1. The van der Waals surface area contributed by atoms with Crippen LogP contribution in [0.1, 0.15) is 19.3 Å². The summed E-state index contributed by atoms with van der Waals surface area (Å²) in [5.41, 5.74) is 0.680. The lowest BCUT2D eigenvalue weighted by Crippen LogP contribution is -3.14. The summed E-state index contributed by atoms with van der Waals surface area (Å²) in [6, 6.07) is 7.15. The summed E-state index contributed by atoms with van der Waals surface area (Å²) in [6.45, 7) is 2.02. The summed E-state index contributed by atoms with van der Waals surface area (Å²) in [7, 11) is 0. The van der Waals surface area contributed by atoms with Gasteiger partial charge in [-0.2, -0.15) is 0 Å². The Morgan fingerprint density at radius 2 is 1.74 bits per heavy atom. The second kappa shape index (κ2) is 5.06. The first-order valence-corrected chi connectivity index (χ1v) is 7.43. The van der Waals surface area contributed by atoms with Crippen molar-refractivity contribution in [1.29, 1.82) is 0 Å². The minimum absolute atomic E-state index is 0.0378. The highest BCUT2D eigenvalue weighted by atomic mass is 79.9. The number of nitrogens with one attached hydrogen (secondary N) is 1. The predicted molar refractivity (Wildman–Crippen MR) is 75.0 cm³/mol. The molecule has 1 aromatic rings. The lowest BCUT2D eigenvalue weighted by molar-refractivity contribution is -0.902. The van der Waals surface area contributed by atoms with Crippen molar-refractivity contribution in [3.63, 3.8) is 0 Å². The summed E-state index contributed by atoms with van der Waals surface area (Å²) in [6.07, 6.45) is 2.67. The smallest absolute Gasteiger partial charge is 0.292 e. The van der Waals surface area contributed by atoms with Gasteiger partial charge in [-0.15, -0.1) is 0 Å². The molecule has 0 spiro atoms. The third-order valence-electron chi connectivity index (χ3n) is 3.97. The number of nitrogens with zero attached hydrogens (tertiary/aromatic N) is 1. The number of carbonyl (C=O) groups excluding carboxylic acids is 2. The van der Waals surface area contributed by atoms with Crippen LogP contribution in [0.25, 0.3) is 0 Å². The number of hydrogen-bond acceptors (Lipinski definition) is 2. The van der Waals surface area contributed by atoms with Crippen LogP contribution in [0.4, 0.5) is 5.69 Å². The molecular formula is C14H16BrN2O2+. The molecule has 0 aromatic heterocycles. The van der Waals surface area contributed by atoms with Crippen LogP contribution in [-0.2, 0) is 9.59 Å². The molecule has 5 heteroatoms. The molecule has 0 unspecified atom stereocenters. The zero-order chi connectivity index (χ0) is 13.4. The molecule has 4 nitrogen and oxygen atoms in total. The largest absolute Gasteiger partial charge is 0.324 e. The molecule has 0 aliphatic carbocycles. The fraction of sp³-hybridized carbons (Fsp3) is 0.429.